The molecule has 0 spiro atoms. The zero-order valence-corrected chi connectivity index (χ0v) is 25.2. The molecular weight excluding hydrogens is 549 g/mol. The van der Waals surface area contributed by atoms with Gasteiger partial charge in [-0.1, -0.05) is 152 Å². The van der Waals surface area contributed by atoms with Gasteiger partial charge in [-0.2, -0.15) is 0 Å². The summed E-state index contributed by atoms with van der Waals surface area (Å²) in [6, 6.07) is 63.7. The molecule has 0 unspecified atom stereocenters. The average Bonchev–Trinajstić information content (AvgIpc) is 3.44. The summed E-state index contributed by atoms with van der Waals surface area (Å²) in [5.41, 5.74) is 5.70. The number of hydrogen-bond donors (Lipinski definition) is 0. The van der Waals surface area contributed by atoms with Gasteiger partial charge in [0, 0.05) is 22.7 Å². The van der Waals surface area contributed by atoms with Gasteiger partial charge >= 0.3 is 0 Å². The van der Waals surface area contributed by atoms with Crippen molar-refractivity contribution in [2.24, 2.45) is 0 Å². The van der Waals surface area contributed by atoms with Gasteiger partial charge in [0.05, 0.1) is 5.52 Å². The van der Waals surface area contributed by atoms with E-state index in [1.807, 2.05) is 0 Å². The minimum absolute atomic E-state index is 0.976. The Morgan fingerprint density at radius 3 is 1.55 bits per heavy atom. The van der Waals surface area contributed by atoms with Crippen LogP contribution in [-0.2, 0) is 0 Å². The van der Waals surface area contributed by atoms with Crippen LogP contribution in [0.25, 0.3) is 38.8 Å². The van der Waals surface area contributed by atoms with Gasteiger partial charge in [-0.05, 0) is 56.1 Å². The summed E-state index contributed by atoms with van der Waals surface area (Å²) in [6.07, 6.45) is 2.15. The van der Waals surface area contributed by atoms with Gasteiger partial charge in [0.1, 0.15) is 5.65 Å². The van der Waals surface area contributed by atoms with Crippen LogP contribution < -0.4 is 20.7 Å². The zero-order chi connectivity index (χ0) is 29.3. The number of benzene rings is 6. The highest BCUT2D eigenvalue weighted by Gasteiger charge is 2.42. The molecule has 0 aliphatic heterocycles. The third kappa shape index (κ3) is 4.21. The Balaban J connectivity index is 1.44. The molecule has 0 bridgehead atoms. The minimum Gasteiger partial charge on any atom is -0.294 e. The third-order valence-electron chi connectivity index (χ3n) is 8.80. The first-order valence-corrected chi connectivity index (χ1v) is 17.1. The Kier molecular flexibility index (Phi) is 6.51. The van der Waals surface area contributed by atoms with Gasteiger partial charge < -0.3 is 0 Å². The number of pyridine rings is 1. The molecule has 8 rings (SSSR count). The van der Waals surface area contributed by atoms with Crippen molar-refractivity contribution in [1.82, 2.24) is 9.55 Å². The first kappa shape index (κ1) is 26.1. The highest BCUT2D eigenvalue weighted by atomic mass is 28.3. The number of para-hydroxylation sites is 2. The van der Waals surface area contributed by atoms with E-state index in [1.165, 1.54) is 42.6 Å². The molecule has 0 saturated carbocycles. The first-order valence-electron chi connectivity index (χ1n) is 15.1. The standard InChI is InChI=1S/C41H30N2Si/c1-5-15-31(16-6-1)32-25-27-36(28-26-32)44(34-19-9-3-10-20-34,35-21-11-4-12-22-35)37-29-39-38-23-13-14-24-40(38)43(41(39)42-30-37)33-17-7-2-8-18-33/h1-30H. The van der Waals surface area contributed by atoms with E-state index < -0.39 is 8.07 Å². The molecule has 0 N–H and O–H groups in total. The molecule has 2 nitrogen and oxygen atoms in total. The van der Waals surface area contributed by atoms with Crippen molar-refractivity contribution in [3.63, 3.8) is 0 Å². The molecule has 44 heavy (non-hydrogen) atoms. The van der Waals surface area contributed by atoms with Crippen molar-refractivity contribution in [3.05, 3.63) is 182 Å². The summed E-state index contributed by atoms with van der Waals surface area (Å²) in [5.74, 6) is 0. The molecule has 6 aromatic carbocycles. The van der Waals surface area contributed by atoms with E-state index in [0.717, 1.165) is 16.9 Å². The molecular formula is C41H30N2Si. The number of fused-ring (bicyclic) bond motifs is 3. The predicted octanol–water partition coefficient (Wildman–Crippen LogP) is 7.22. The molecule has 3 heteroatoms. The lowest BCUT2D eigenvalue weighted by Gasteiger charge is -2.34. The zero-order valence-electron chi connectivity index (χ0n) is 24.2. The fourth-order valence-corrected chi connectivity index (χ4v) is 11.5. The van der Waals surface area contributed by atoms with Crippen LogP contribution in [0.3, 0.4) is 0 Å². The summed E-state index contributed by atoms with van der Waals surface area (Å²) in [6.45, 7) is 0. The van der Waals surface area contributed by atoms with Gasteiger partial charge in [0.25, 0.3) is 0 Å². The third-order valence-corrected chi connectivity index (χ3v) is 13.5. The van der Waals surface area contributed by atoms with Crippen LogP contribution in [0.1, 0.15) is 0 Å². The molecule has 208 valence electrons. The lowest BCUT2D eigenvalue weighted by molar-refractivity contribution is 1.14. The van der Waals surface area contributed by atoms with Crippen LogP contribution in [0.4, 0.5) is 0 Å². The summed E-state index contributed by atoms with van der Waals surface area (Å²) in [4.78, 5) is 5.30. The smallest absolute Gasteiger partial charge is 0.181 e. The molecule has 0 aliphatic rings. The van der Waals surface area contributed by atoms with Crippen molar-refractivity contribution in [3.8, 4) is 16.8 Å². The van der Waals surface area contributed by atoms with Crippen LogP contribution in [0.5, 0.6) is 0 Å². The van der Waals surface area contributed by atoms with Crippen LogP contribution in [-0.4, -0.2) is 17.6 Å². The molecule has 0 fully saturated rings. The minimum atomic E-state index is -2.77. The molecule has 0 amide bonds. The van der Waals surface area contributed by atoms with E-state index in [1.54, 1.807) is 0 Å². The maximum atomic E-state index is 5.30. The first-order chi connectivity index (χ1) is 21.8. The lowest BCUT2D eigenvalue weighted by Crippen LogP contribution is -2.74. The van der Waals surface area contributed by atoms with Crippen LogP contribution in [0.2, 0.25) is 0 Å². The van der Waals surface area contributed by atoms with Crippen molar-refractivity contribution in [2.75, 3.05) is 0 Å². The molecule has 0 saturated heterocycles. The maximum Gasteiger partial charge on any atom is 0.181 e. The second-order valence-corrected chi connectivity index (χ2v) is 15.0. The Bertz CT molecular complexity index is 2150. The SMILES string of the molecule is c1ccc(-c2ccc([Si](c3ccccc3)(c3ccccc3)c3cnc4c(c3)c3ccccc3n4-c3ccccc3)cc2)cc1. The fraction of sp³-hybridized carbons (Fsp3) is 0. The Morgan fingerprint density at radius 2 is 0.909 bits per heavy atom. The van der Waals surface area contributed by atoms with E-state index >= 15 is 0 Å². The van der Waals surface area contributed by atoms with Crippen molar-refractivity contribution in [2.45, 2.75) is 0 Å². The van der Waals surface area contributed by atoms with Crippen molar-refractivity contribution < 1.29 is 0 Å². The quantitative estimate of drug-likeness (QED) is 0.150. The van der Waals surface area contributed by atoms with Gasteiger partial charge in [0.15, 0.2) is 8.07 Å². The Morgan fingerprint density at radius 1 is 0.409 bits per heavy atom. The number of nitrogens with zero attached hydrogens (tertiary/aromatic N) is 2. The predicted molar refractivity (Wildman–Crippen MR) is 188 cm³/mol. The van der Waals surface area contributed by atoms with Crippen LogP contribution in [0, 0.1) is 0 Å². The topological polar surface area (TPSA) is 17.8 Å². The molecule has 0 radical (unpaired) electrons. The largest absolute Gasteiger partial charge is 0.294 e. The second kappa shape index (κ2) is 11.0. The fourth-order valence-electron chi connectivity index (χ4n) is 6.81. The summed E-state index contributed by atoms with van der Waals surface area (Å²) in [5, 5.41) is 7.67. The number of hydrogen-bond acceptors (Lipinski definition) is 1. The summed E-state index contributed by atoms with van der Waals surface area (Å²) in [7, 11) is -2.77. The van der Waals surface area contributed by atoms with E-state index in [0.29, 0.717) is 0 Å². The van der Waals surface area contributed by atoms with Crippen LogP contribution in [0.15, 0.2) is 182 Å². The van der Waals surface area contributed by atoms with Gasteiger partial charge in [0.2, 0.25) is 0 Å². The maximum absolute atomic E-state index is 5.30. The Labute approximate surface area is 258 Å². The molecule has 8 aromatic rings. The highest BCUT2D eigenvalue weighted by Crippen LogP contribution is 2.30. The van der Waals surface area contributed by atoms with Gasteiger partial charge in [-0.25, -0.2) is 4.98 Å². The molecule has 0 aliphatic carbocycles. The summed E-state index contributed by atoms with van der Waals surface area (Å²) < 4.78 is 2.29. The normalized spacial score (nSPS) is 11.6. The Hall–Kier alpha value is -5.51. The van der Waals surface area contributed by atoms with E-state index in [-0.39, 0.29) is 0 Å². The van der Waals surface area contributed by atoms with E-state index in [4.69, 9.17) is 4.98 Å². The molecule has 0 atom stereocenters. The molecule has 2 aromatic heterocycles. The lowest BCUT2D eigenvalue weighted by atomic mass is 10.1. The number of aromatic nitrogens is 2. The van der Waals surface area contributed by atoms with E-state index in [9.17, 15) is 0 Å². The van der Waals surface area contributed by atoms with Crippen LogP contribution >= 0.6 is 0 Å². The second-order valence-electron chi connectivity index (χ2n) is 11.2. The van der Waals surface area contributed by atoms with Crippen molar-refractivity contribution in [1.29, 1.82) is 0 Å². The molecule has 2 heterocycles. The van der Waals surface area contributed by atoms with Gasteiger partial charge in [-0.3, -0.25) is 4.57 Å². The highest BCUT2D eigenvalue weighted by molar-refractivity contribution is 7.20. The van der Waals surface area contributed by atoms with E-state index in [2.05, 4.69) is 187 Å². The average molecular weight is 579 g/mol. The van der Waals surface area contributed by atoms with Gasteiger partial charge in [-0.15, -0.1) is 0 Å². The monoisotopic (exact) mass is 578 g/mol. The summed E-state index contributed by atoms with van der Waals surface area (Å²) >= 11 is 0. The van der Waals surface area contributed by atoms with Crippen molar-refractivity contribution >= 4 is 50.8 Å². The number of rotatable bonds is 6.